The molecule has 29 heavy (non-hydrogen) atoms. The van der Waals surface area contributed by atoms with Gasteiger partial charge in [-0.2, -0.15) is 4.98 Å². The van der Waals surface area contributed by atoms with Gasteiger partial charge in [0, 0.05) is 30.4 Å². The number of hydrogen-bond acceptors (Lipinski definition) is 7. The number of fused-ring (bicyclic) bond motifs is 1. The minimum Gasteiger partial charge on any atom is -0.490 e. The first kappa shape index (κ1) is 19.6. The second kappa shape index (κ2) is 8.75. The SMILES string of the molecule is Cc1nc(CSc2ccccc2C(=O)Nc2cc3c(cc2Cl)OCCCO3)no1. The molecule has 0 aliphatic carbocycles. The molecule has 0 atom stereocenters. The van der Waals surface area contributed by atoms with Crippen molar-refractivity contribution in [3.63, 3.8) is 0 Å². The van der Waals surface area contributed by atoms with Gasteiger partial charge in [0.2, 0.25) is 5.89 Å². The van der Waals surface area contributed by atoms with E-state index < -0.39 is 0 Å². The Kier molecular flexibility index (Phi) is 5.92. The van der Waals surface area contributed by atoms with Crippen molar-refractivity contribution in [1.82, 2.24) is 10.1 Å². The lowest BCUT2D eigenvalue weighted by molar-refractivity contribution is 0.102. The summed E-state index contributed by atoms with van der Waals surface area (Å²) in [4.78, 5) is 17.9. The monoisotopic (exact) mass is 431 g/mol. The predicted octanol–water partition coefficient (Wildman–Crippen LogP) is 4.74. The number of nitrogens with one attached hydrogen (secondary N) is 1. The zero-order valence-electron chi connectivity index (χ0n) is 15.6. The molecule has 3 aromatic rings. The summed E-state index contributed by atoms with van der Waals surface area (Å²) < 4.78 is 16.3. The van der Waals surface area contributed by atoms with Gasteiger partial charge in [-0.3, -0.25) is 4.79 Å². The molecule has 7 nitrogen and oxygen atoms in total. The van der Waals surface area contributed by atoms with Crippen molar-refractivity contribution in [2.75, 3.05) is 18.5 Å². The summed E-state index contributed by atoms with van der Waals surface area (Å²) in [5.74, 6) is 2.46. The molecular formula is C20H18ClN3O4S. The molecule has 0 spiro atoms. The van der Waals surface area contributed by atoms with Gasteiger partial charge in [-0.15, -0.1) is 11.8 Å². The number of hydrogen-bond donors (Lipinski definition) is 1. The standard InChI is InChI=1S/C20H18ClN3O4S/c1-12-22-19(24-28-12)11-29-18-6-3-2-5-13(18)20(25)23-15-10-17-16(9-14(15)21)26-7-4-8-27-17/h2-3,5-6,9-10H,4,7-8,11H2,1H3,(H,23,25). The quantitative estimate of drug-likeness (QED) is 0.584. The second-order valence-corrected chi connectivity index (χ2v) is 7.72. The van der Waals surface area contributed by atoms with Crippen molar-refractivity contribution in [1.29, 1.82) is 0 Å². The Morgan fingerprint density at radius 3 is 2.72 bits per heavy atom. The predicted molar refractivity (Wildman–Crippen MR) is 110 cm³/mol. The number of aromatic nitrogens is 2. The minimum absolute atomic E-state index is 0.270. The average molecular weight is 432 g/mol. The lowest BCUT2D eigenvalue weighted by atomic mass is 10.2. The van der Waals surface area contributed by atoms with Crippen LogP contribution in [0.15, 0.2) is 45.8 Å². The van der Waals surface area contributed by atoms with E-state index >= 15 is 0 Å². The molecule has 0 radical (unpaired) electrons. The van der Waals surface area contributed by atoms with Gasteiger partial charge in [0.05, 0.1) is 35.2 Å². The highest BCUT2D eigenvalue weighted by molar-refractivity contribution is 7.98. The van der Waals surface area contributed by atoms with Crippen LogP contribution in [-0.2, 0) is 5.75 Å². The van der Waals surface area contributed by atoms with Crippen molar-refractivity contribution < 1.29 is 18.8 Å². The number of amides is 1. The zero-order valence-corrected chi connectivity index (χ0v) is 17.2. The van der Waals surface area contributed by atoms with E-state index in [1.165, 1.54) is 11.8 Å². The fraction of sp³-hybridized carbons (Fsp3) is 0.250. The van der Waals surface area contributed by atoms with E-state index in [2.05, 4.69) is 15.5 Å². The lowest BCUT2D eigenvalue weighted by Crippen LogP contribution is -2.13. The third-order valence-corrected chi connectivity index (χ3v) is 5.53. The summed E-state index contributed by atoms with van der Waals surface area (Å²) in [5.41, 5.74) is 0.996. The van der Waals surface area contributed by atoms with Crippen LogP contribution in [0.25, 0.3) is 0 Å². The van der Waals surface area contributed by atoms with E-state index in [0.29, 0.717) is 58.5 Å². The highest BCUT2D eigenvalue weighted by atomic mass is 35.5. The van der Waals surface area contributed by atoms with Gasteiger partial charge < -0.3 is 19.3 Å². The zero-order chi connectivity index (χ0) is 20.2. The maximum Gasteiger partial charge on any atom is 0.256 e. The highest BCUT2D eigenvalue weighted by Crippen LogP contribution is 2.38. The van der Waals surface area contributed by atoms with Crippen molar-refractivity contribution in [3.8, 4) is 11.5 Å². The number of aryl methyl sites for hydroxylation is 1. The number of thioether (sulfide) groups is 1. The van der Waals surface area contributed by atoms with Gasteiger partial charge in [0.1, 0.15) is 0 Å². The third kappa shape index (κ3) is 4.65. The number of carbonyl (C=O) groups is 1. The Balaban J connectivity index is 1.52. The molecule has 9 heteroatoms. The molecular weight excluding hydrogens is 414 g/mol. The van der Waals surface area contributed by atoms with Gasteiger partial charge in [0.15, 0.2) is 17.3 Å². The third-order valence-electron chi connectivity index (χ3n) is 4.14. The summed E-state index contributed by atoms with van der Waals surface area (Å²) in [6.07, 6.45) is 0.790. The minimum atomic E-state index is -0.270. The van der Waals surface area contributed by atoms with Crippen molar-refractivity contribution in [3.05, 3.63) is 58.7 Å². The Morgan fingerprint density at radius 1 is 1.21 bits per heavy atom. The average Bonchev–Trinajstić information content (AvgIpc) is 3.00. The van der Waals surface area contributed by atoms with Crippen molar-refractivity contribution in [2.45, 2.75) is 24.0 Å². The number of halogens is 1. The van der Waals surface area contributed by atoms with Gasteiger partial charge in [-0.25, -0.2) is 0 Å². The molecule has 1 aliphatic heterocycles. The molecule has 150 valence electrons. The second-order valence-electron chi connectivity index (χ2n) is 6.30. The number of ether oxygens (including phenoxy) is 2. The van der Waals surface area contributed by atoms with E-state index in [1.807, 2.05) is 18.2 Å². The first-order valence-electron chi connectivity index (χ1n) is 9.01. The van der Waals surface area contributed by atoms with Gasteiger partial charge in [0.25, 0.3) is 5.91 Å². The lowest BCUT2D eigenvalue weighted by Gasteiger charge is -2.13. The van der Waals surface area contributed by atoms with Crippen molar-refractivity contribution >= 4 is 35.0 Å². The molecule has 1 N–H and O–H groups in total. The molecule has 0 saturated carbocycles. The summed E-state index contributed by atoms with van der Waals surface area (Å²) in [6.45, 7) is 2.86. The Hall–Kier alpha value is -2.71. The molecule has 1 amide bonds. The molecule has 0 fully saturated rings. The Labute approximate surface area is 176 Å². The number of benzene rings is 2. The van der Waals surface area contributed by atoms with Crippen LogP contribution in [0.5, 0.6) is 11.5 Å². The maximum atomic E-state index is 12.9. The Morgan fingerprint density at radius 2 is 1.97 bits per heavy atom. The fourth-order valence-electron chi connectivity index (χ4n) is 2.79. The largest absolute Gasteiger partial charge is 0.490 e. The van der Waals surface area contributed by atoms with E-state index in [0.717, 1.165) is 11.3 Å². The molecule has 1 aromatic heterocycles. The van der Waals surface area contributed by atoms with Crippen LogP contribution in [0.1, 0.15) is 28.5 Å². The molecule has 2 aromatic carbocycles. The van der Waals surface area contributed by atoms with Crippen molar-refractivity contribution in [2.24, 2.45) is 0 Å². The summed E-state index contributed by atoms with van der Waals surface area (Å²) in [7, 11) is 0. The smallest absolute Gasteiger partial charge is 0.256 e. The Bertz CT molecular complexity index is 1040. The maximum absolute atomic E-state index is 12.9. The van der Waals surface area contributed by atoms with E-state index in [1.54, 1.807) is 25.1 Å². The van der Waals surface area contributed by atoms with Crippen LogP contribution >= 0.6 is 23.4 Å². The van der Waals surface area contributed by atoms with Crippen LogP contribution in [0.4, 0.5) is 5.69 Å². The summed E-state index contributed by atoms with van der Waals surface area (Å²) >= 11 is 7.81. The number of rotatable bonds is 5. The van der Waals surface area contributed by atoms with Crippen LogP contribution in [0.3, 0.4) is 0 Å². The fourth-order valence-corrected chi connectivity index (χ4v) is 3.89. The van der Waals surface area contributed by atoms with Crippen LogP contribution < -0.4 is 14.8 Å². The molecule has 2 heterocycles. The van der Waals surface area contributed by atoms with E-state index in [9.17, 15) is 4.79 Å². The number of carbonyl (C=O) groups excluding carboxylic acids is 1. The molecule has 0 bridgehead atoms. The first-order valence-corrected chi connectivity index (χ1v) is 10.4. The molecule has 0 unspecified atom stereocenters. The van der Waals surface area contributed by atoms with E-state index in [-0.39, 0.29) is 5.91 Å². The van der Waals surface area contributed by atoms with Gasteiger partial charge in [-0.05, 0) is 12.1 Å². The van der Waals surface area contributed by atoms with Crippen LogP contribution in [0.2, 0.25) is 5.02 Å². The molecule has 4 rings (SSSR count). The summed E-state index contributed by atoms with van der Waals surface area (Å²) in [6, 6.07) is 10.7. The molecule has 1 aliphatic rings. The van der Waals surface area contributed by atoms with Gasteiger partial charge in [-0.1, -0.05) is 28.9 Å². The van der Waals surface area contributed by atoms with Crippen LogP contribution in [0, 0.1) is 6.92 Å². The number of nitrogens with zero attached hydrogens (tertiary/aromatic N) is 2. The molecule has 0 saturated heterocycles. The highest BCUT2D eigenvalue weighted by Gasteiger charge is 2.18. The normalized spacial score (nSPS) is 13.0. The summed E-state index contributed by atoms with van der Waals surface area (Å²) in [5, 5.41) is 7.14. The van der Waals surface area contributed by atoms with E-state index in [4.69, 9.17) is 25.6 Å². The van der Waals surface area contributed by atoms with Crippen LogP contribution in [-0.4, -0.2) is 29.3 Å². The number of anilines is 1. The first-order chi connectivity index (χ1) is 14.1. The topological polar surface area (TPSA) is 86.5 Å². The van der Waals surface area contributed by atoms with Gasteiger partial charge >= 0.3 is 0 Å².